The van der Waals surface area contributed by atoms with Crippen LogP contribution < -0.4 is 0 Å². The van der Waals surface area contributed by atoms with Gasteiger partial charge in [-0.15, -0.1) is 11.3 Å². The first-order chi connectivity index (χ1) is 6.45. The fourth-order valence-corrected chi connectivity index (χ4v) is 2.05. The molecule has 0 saturated carbocycles. The van der Waals surface area contributed by atoms with Crippen LogP contribution in [0.2, 0.25) is 0 Å². The molecule has 0 aliphatic heterocycles. The van der Waals surface area contributed by atoms with Crippen LogP contribution in [0.1, 0.15) is 37.4 Å². The van der Waals surface area contributed by atoms with Crippen molar-refractivity contribution in [2.24, 2.45) is 0 Å². The van der Waals surface area contributed by atoms with Gasteiger partial charge in [-0.2, -0.15) is 0 Å². The average molecular weight is 211 g/mol. The van der Waals surface area contributed by atoms with E-state index in [1.807, 2.05) is 13.0 Å². The molecule has 0 aliphatic rings. The van der Waals surface area contributed by atoms with E-state index in [2.05, 4.69) is 26.8 Å². The number of thiophene rings is 1. The molecule has 0 aromatic carbocycles. The highest BCUT2D eigenvalue weighted by Gasteiger charge is 2.17. The summed E-state index contributed by atoms with van der Waals surface area (Å²) in [5, 5.41) is 7.64. The van der Waals surface area contributed by atoms with Gasteiger partial charge in [0, 0.05) is 4.88 Å². The molecule has 1 heterocycles. The van der Waals surface area contributed by atoms with Crippen molar-refractivity contribution in [3.05, 3.63) is 21.9 Å². The molecule has 1 N–H and O–H groups in total. The fourth-order valence-electron chi connectivity index (χ4n) is 1.08. The molecule has 0 radical (unpaired) electrons. The second-order valence-corrected chi connectivity index (χ2v) is 5.26. The smallest absolute Gasteiger partial charge is 0.223 e. The van der Waals surface area contributed by atoms with Crippen LogP contribution in [0, 0.1) is 5.41 Å². The SMILES string of the molecule is CCOC(=N)c1ccc(C(C)(C)C)s1. The summed E-state index contributed by atoms with van der Waals surface area (Å²) in [6.07, 6.45) is 0. The number of nitrogens with one attached hydrogen (secondary N) is 1. The Morgan fingerprint density at radius 3 is 2.50 bits per heavy atom. The summed E-state index contributed by atoms with van der Waals surface area (Å²) < 4.78 is 5.15. The van der Waals surface area contributed by atoms with Gasteiger partial charge >= 0.3 is 0 Å². The summed E-state index contributed by atoms with van der Waals surface area (Å²) in [6, 6.07) is 4.04. The van der Waals surface area contributed by atoms with E-state index in [0.29, 0.717) is 6.61 Å². The van der Waals surface area contributed by atoms with Crippen molar-refractivity contribution in [3.8, 4) is 0 Å². The summed E-state index contributed by atoms with van der Waals surface area (Å²) in [7, 11) is 0. The Morgan fingerprint density at radius 1 is 1.43 bits per heavy atom. The maximum atomic E-state index is 7.64. The van der Waals surface area contributed by atoms with Gasteiger partial charge in [-0.1, -0.05) is 20.8 Å². The van der Waals surface area contributed by atoms with Crippen molar-refractivity contribution in [2.45, 2.75) is 33.1 Å². The summed E-state index contributed by atoms with van der Waals surface area (Å²) in [5.41, 5.74) is 0.162. The second-order valence-electron chi connectivity index (χ2n) is 4.18. The quantitative estimate of drug-likeness (QED) is 0.590. The topological polar surface area (TPSA) is 33.1 Å². The largest absolute Gasteiger partial charge is 0.477 e. The van der Waals surface area contributed by atoms with Crippen molar-refractivity contribution in [3.63, 3.8) is 0 Å². The van der Waals surface area contributed by atoms with E-state index < -0.39 is 0 Å². The van der Waals surface area contributed by atoms with Crippen LogP contribution in [0.4, 0.5) is 0 Å². The molecule has 1 rings (SSSR count). The first-order valence-electron chi connectivity index (χ1n) is 4.77. The molecule has 0 spiro atoms. The number of hydrogen-bond donors (Lipinski definition) is 1. The third-order valence-electron chi connectivity index (χ3n) is 1.86. The normalized spacial score (nSPS) is 11.4. The Labute approximate surface area is 89.4 Å². The maximum Gasteiger partial charge on any atom is 0.223 e. The van der Waals surface area contributed by atoms with Gasteiger partial charge in [0.25, 0.3) is 0 Å². The molecule has 14 heavy (non-hydrogen) atoms. The van der Waals surface area contributed by atoms with Crippen molar-refractivity contribution in [1.29, 1.82) is 5.41 Å². The van der Waals surface area contributed by atoms with Crippen molar-refractivity contribution in [2.75, 3.05) is 6.61 Å². The lowest BCUT2D eigenvalue weighted by molar-refractivity contribution is 0.326. The van der Waals surface area contributed by atoms with Gasteiger partial charge in [-0.05, 0) is 24.5 Å². The van der Waals surface area contributed by atoms with Crippen molar-refractivity contribution in [1.82, 2.24) is 0 Å². The van der Waals surface area contributed by atoms with Crippen LogP contribution >= 0.6 is 11.3 Å². The minimum Gasteiger partial charge on any atom is -0.477 e. The summed E-state index contributed by atoms with van der Waals surface area (Å²) in [5.74, 6) is 0.285. The van der Waals surface area contributed by atoms with Crippen LogP contribution in [0.5, 0.6) is 0 Å². The molecule has 2 nitrogen and oxygen atoms in total. The van der Waals surface area contributed by atoms with Crippen LogP contribution in [0.3, 0.4) is 0 Å². The molecular weight excluding hydrogens is 194 g/mol. The van der Waals surface area contributed by atoms with Gasteiger partial charge in [-0.3, -0.25) is 5.41 Å². The van der Waals surface area contributed by atoms with E-state index in [0.717, 1.165) is 4.88 Å². The van der Waals surface area contributed by atoms with Crippen molar-refractivity contribution >= 4 is 17.2 Å². The predicted octanol–water partition coefficient (Wildman–Crippen LogP) is 3.41. The minimum atomic E-state index is 0.162. The number of hydrogen-bond acceptors (Lipinski definition) is 3. The molecule has 1 aromatic rings. The first-order valence-corrected chi connectivity index (χ1v) is 5.59. The monoisotopic (exact) mass is 211 g/mol. The highest BCUT2D eigenvalue weighted by molar-refractivity contribution is 7.14. The van der Waals surface area contributed by atoms with Gasteiger partial charge < -0.3 is 4.74 Å². The lowest BCUT2D eigenvalue weighted by Crippen LogP contribution is -2.08. The maximum absolute atomic E-state index is 7.64. The molecular formula is C11H17NOS. The molecule has 3 heteroatoms. The van der Waals surface area contributed by atoms with Gasteiger partial charge in [0.2, 0.25) is 5.90 Å². The third-order valence-corrected chi connectivity index (χ3v) is 3.37. The molecule has 0 atom stereocenters. The zero-order valence-electron chi connectivity index (χ0n) is 9.18. The summed E-state index contributed by atoms with van der Waals surface area (Å²) >= 11 is 1.64. The van der Waals surface area contributed by atoms with Crippen LogP contribution in [0.15, 0.2) is 12.1 Å². The van der Waals surface area contributed by atoms with E-state index in [9.17, 15) is 0 Å². The zero-order valence-corrected chi connectivity index (χ0v) is 9.99. The molecule has 0 bridgehead atoms. The molecule has 1 aromatic heterocycles. The Kier molecular flexibility index (Phi) is 3.32. The fraction of sp³-hybridized carbons (Fsp3) is 0.545. The predicted molar refractivity (Wildman–Crippen MR) is 61.5 cm³/mol. The average Bonchev–Trinajstić information content (AvgIpc) is 2.51. The lowest BCUT2D eigenvalue weighted by Gasteiger charge is -2.15. The minimum absolute atomic E-state index is 0.162. The molecule has 0 aliphatic carbocycles. The van der Waals surface area contributed by atoms with Crippen LogP contribution in [-0.2, 0) is 10.2 Å². The highest BCUT2D eigenvalue weighted by atomic mass is 32.1. The second kappa shape index (κ2) is 4.13. The van der Waals surface area contributed by atoms with E-state index in [4.69, 9.17) is 10.1 Å². The van der Waals surface area contributed by atoms with Crippen LogP contribution in [-0.4, -0.2) is 12.5 Å². The molecule has 0 saturated heterocycles. The van der Waals surface area contributed by atoms with E-state index in [1.165, 1.54) is 4.88 Å². The standard InChI is InChI=1S/C11H17NOS/c1-5-13-10(12)8-6-7-9(14-8)11(2,3)4/h6-7,12H,5H2,1-4H3. The van der Waals surface area contributed by atoms with Gasteiger partial charge in [0.05, 0.1) is 11.5 Å². The molecule has 0 unspecified atom stereocenters. The Hall–Kier alpha value is -0.830. The molecule has 0 amide bonds. The van der Waals surface area contributed by atoms with Gasteiger partial charge in [0.1, 0.15) is 0 Å². The lowest BCUT2D eigenvalue weighted by atomic mass is 9.95. The first kappa shape index (κ1) is 11.2. The van der Waals surface area contributed by atoms with E-state index in [-0.39, 0.29) is 11.3 Å². The Bertz CT molecular complexity index is 322. The van der Waals surface area contributed by atoms with E-state index >= 15 is 0 Å². The van der Waals surface area contributed by atoms with Gasteiger partial charge in [0.15, 0.2) is 0 Å². The third kappa shape index (κ3) is 2.58. The number of ether oxygens (including phenoxy) is 1. The summed E-state index contributed by atoms with van der Waals surface area (Å²) in [6.45, 7) is 8.97. The highest BCUT2D eigenvalue weighted by Crippen LogP contribution is 2.29. The Morgan fingerprint density at radius 2 is 2.07 bits per heavy atom. The van der Waals surface area contributed by atoms with Crippen molar-refractivity contribution < 1.29 is 4.74 Å². The van der Waals surface area contributed by atoms with E-state index in [1.54, 1.807) is 11.3 Å². The summed E-state index contributed by atoms with van der Waals surface area (Å²) in [4.78, 5) is 2.20. The molecule has 0 fully saturated rings. The van der Waals surface area contributed by atoms with Crippen LogP contribution in [0.25, 0.3) is 0 Å². The Balaban J connectivity index is 2.83. The number of rotatable bonds is 2. The molecule has 78 valence electrons. The van der Waals surface area contributed by atoms with Gasteiger partial charge in [-0.25, -0.2) is 0 Å². The zero-order chi connectivity index (χ0) is 10.8.